The normalized spacial score (nSPS) is 18.8. The smallest absolute Gasteiger partial charge is 0.258 e. The highest BCUT2D eigenvalue weighted by Crippen LogP contribution is 2.50. The Kier molecular flexibility index (Phi) is 5.15. The van der Waals surface area contributed by atoms with Gasteiger partial charge in [-0.25, -0.2) is 0 Å². The van der Waals surface area contributed by atoms with Crippen molar-refractivity contribution in [3.8, 4) is 11.4 Å². The lowest BCUT2D eigenvalue weighted by Gasteiger charge is -2.55. The van der Waals surface area contributed by atoms with Gasteiger partial charge in [0.2, 0.25) is 5.82 Å². The van der Waals surface area contributed by atoms with Crippen molar-refractivity contribution >= 4 is 0 Å². The van der Waals surface area contributed by atoms with Gasteiger partial charge in [0, 0.05) is 43.4 Å². The van der Waals surface area contributed by atoms with Gasteiger partial charge < -0.3 is 19.6 Å². The molecule has 4 rings (SSSR count). The van der Waals surface area contributed by atoms with E-state index in [1.165, 1.54) is 5.56 Å². The van der Waals surface area contributed by atoms with Crippen molar-refractivity contribution in [1.82, 2.24) is 20.0 Å². The highest BCUT2D eigenvalue weighted by Gasteiger charge is 2.55. The molecule has 2 aromatic heterocycles. The summed E-state index contributed by atoms with van der Waals surface area (Å²) < 4.78 is 12.9. The number of aromatic nitrogens is 3. The average Bonchev–Trinajstić information content (AvgIpc) is 3.27. The molecule has 1 aliphatic rings. The van der Waals surface area contributed by atoms with Gasteiger partial charge in [0.15, 0.2) is 0 Å². The Balaban J connectivity index is 1.80. The van der Waals surface area contributed by atoms with Crippen LogP contribution in [0.2, 0.25) is 0 Å². The van der Waals surface area contributed by atoms with E-state index < -0.39 is 16.6 Å². The molecule has 1 fully saturated rings. The molecular formula is C25H32N4O3. The van der Waals surface area contributed by atoms with Crippen molar-refractivity contribution < 1.29 is 16.1 Å². The third kappa shape index (κ3) is 3.74. The zero-order valence-corrected chi connectivity index (χ0v) is 19.3. The Labute approximate surface area is 190 Å². The Morgan fingerprint density at radius 1 is 1.12 bits per heavy atom. The standard InChI is InChI=1S/C25H32N4O3/c1-16(2)17-7-9-19(10-8-17)25(31,24(5)14-29(6)15-24)20-11-18(12-26-13-20)21-27-22(32-28-21)23(3,4)30/h7-13,16,30-31H,14-15H2,1-6H3/t25-/m0/s1/i6D. The summed E-state index contributed by atoms with van der Waals surface area (Å²) in [5.74, 6) is 0.795. The van der Waals surface area contributed by atoms with Crippen LogP contribution < -0.4 is 0 Å². The van der Waals surface area contributed by atoms with Crippen molar-refractivity contribution in [1.29, 1.82) is 0 Å². The highest BCUT2D eigenvalue weighted by atomic mass is 16.5. The van der Waals surface area contributed by atoms with E-state index in [0.29, 0.717) is 36.0 Å². The van der Waals surface area contributed by atoms with Crippen LogP contribution in [-0.2, 0) is 11.2 Å². The van der Waals surface area contributed by atoms with Crippen LogP contribution in [0.4, 0.5) is 0 Å². The molecule has 0 spiro atoms. The molecule has 2 N–H and O–H groups in total. The molecule has 0 radical (unpaired) electrons. The number of aliphatic hydroxyl groups is 2. The molecule has 0 amide bonds. The molecule has 7 nitrogen and oxygen atoms in total. The van der Waals surface area contributed by atoms with Gasteiger partial charge >= 0.3 is 0 Å². The monoisotopic (exact) mass is 437 g/mol. The first-order valence-electron chi connectivity index (χ1n) is 11.6. The van der Waals surface area contributed by atoms with Gasteiger partial charge in [0.05, 0.1) is 0 Å². The number of pyridine rings is 1. The fourth-order valence-electron chi connectivity index (χ4n) is 4.49. The van der Waals surface area contributed by atoms with E-state index in [4.69, 9.17) is 5.89 Å². The maximum atomic E-state index is 12.3. The maximum Gasteiger partial charge on any atom is 0.258 e. The van der Waals surface area contributed by atoms with Crippen LogP contribution in [0.15, 0.2) is 47.2 Å². The quantitative estimate of drug-likeness (QED) is 0.607. The molecule has 1 saturated heterocycles. The van der Waals surface area contributed by atoms with E-state index in [0.717, 1.165) is 5.56 Å². The highest BCUT2D eigenvalue weighted by molar-refractivity contribution is 5.56. The summed E-state index contributed by atoms with van der Waals surface area (Å²) in [4.78, 5) is 10.7. The number of rotatable bonds is 6. The summed E-state index contributed by atoms with van der Waals surface area (Å²) >= 11 is 0. The lowest BCUT2D eigenvalue weighted by atomic mass is 9.62. The van der Waals surface area contributed by atoms with Crippen LogP contribution >= 0.6 is 0 Å². The van der Waals surface area contributed by atoms with Gasteiger partial charge in [-0.05, 0) is 44.0 Å². The summed E-state index contributed by atoms with van der Waals surface area (Å²) in [6, 6.07) is 9.91. The summed E-state index contributed by atoms with van der Waals surface area (Å²) in [7, 11) is 0.193. The fourth-order valence-corrected chi connectivity index (χ4v) is 4.49. The lowest BCUT2D eigenvalue weighted by molar-refractivity contribution is -0.127. The predicted molar refractivity (Wildman–Crippen MR) is 122 cm³/mol. The van der Waals surface area contributed by atoms with Gasteiger partial charge in [-0.15, -0.1) is 0 Å². The van der Waals surface area contributed by atoms with Gasteiger partial charge in [-0.3, -0.25) is 4.98 Å². The molecule has 0 unspecified atom stereocenters. The van der Waals surface area contributed by atoms with Crippen LogP contribution in [0, 0.1) is 5.41 Å². The number of hydrogen-bond donors (Lipinski definition) is 2. The van der Waals surface area contributed by atoms with Crippen LogP contribution in [0.3, 0.4) is 0 Å². The van der Waals surface area contributed by atoms with E-state index in [1.807, 2.05) is 30.0 Å². The van der Waals surface area contributed by atoms with Crippen molar-refractivity contribution in [2.75, 3.05) is 20.1 Å². The summed E-state index contributed by atoms with van der Waals surface area (Å²) in [6.45, 7) is 10.7. The third-order valence-corrected chi connectivity index (χ3v) is 6.38. The van der Waals surface area contributed by atoms with Crippen LogP contribution in [0.25, 0.3) is 11.4 Å². The molecule has 3 aromatic rings. The lowest BCUT2D eigenvalue weighted by Crippen LogP contribution is -2.63. The fraction of sp³-hybridized carbons (Fsp3) is 0.480. The largest absolute Gasteiger partial charge is 0.381 e. The molecule has 170 valence electrons. The van der Waals surface area contributed by atoms with Crippen LogP contribution in [0.1, 0.15) is 64.5 Å². The van der Waals surface area contributed by atoms with E-state index in [-0.39, 0.29) is 12.9 Å². The summed E-state index contributed by atoms with van der Waals surface area (Å²) in [6.07, 6.45) is 3.29. The minimum Gasteiger partial charge on any atom is -0.381 e. The number of hydrogen-bond acceptors (Lipinski definition) is 7. The second-order valence-corrected chi connectivity index (χ2v) is 9.98. The molecule has 1 aromatic carbocycles. The third-order valence-electron chi connectivity index (χ3n) is 6.38. The molecule has 1 atom stereocenters. The van der Waals surface area contributed by atoms with E-state index in [1.54, 1.807) is 26.2 Å². The van der Waals surface area contributed by atoms with Crippen LogP contribution in [0.5, 0.6) is 0 Å². The zero-order valence-electron chi connectivity index (χ0n) is 20.3. The first kappa shape index (κ1) is 21.2. The van der Waals surface area contributed by atoms with E-state index in [9.17, 15) is 10.2 Å². The van der Waals surface area contributed by atoms with E-state index >= 15 is 0 Å². The topological polar surface area (TPSA) is 95.5 Å². The van der Waals surface area contributed by atoms with Crippen molar-refractivity contribution in [3.05, 3.63) is 65.3 Å². The second kappa shape index (κ2) is 7.76. The molecule has 0 saturated carbocycles. The van der Waals surface area contributed by atoms with Gasteiger partial charge in [0.25, 0.3) is 5.89 Å². The Bertz CT molecular complexity index is 1120. The summed E-state index contributed by atoms with van der Waals surface area (Å²) in [5.41, 5.74) is 0.0920. The summed E-state index contributed by atoms with van der Waals surface area (Å²) in [5, 5.41) is 26.5. The van der Waals surface area contributed by atoms with Crippen molar-refractivity contribution in [2.45, 2.75) is 51.7 Å². The molecule has 0 aliphatic carbocycles. The molecule has 3 heterocycles. The molecule has 1 aliphatic heterocycles. The minimum absolute atomic E-state index is 0.111. The van der Waals surface area contributed by atoms with Gasteiger partial charge in [-0.2, -0.15) is 4.98 Å². The Morgan fingerprint density at radius 2 is 1.81 bits per heavy atom. The van der Waals surface area contributed by atoms with Crippen molar-refractivity contribution in [3.63, 3.8) is 0 Å². The second-order valence-electron chi connectivity index (χ2n) is 9.98. The van der Waals surface area contributed by atoms with Crippen molar-refractivity contribution in [2.24, 2.45) is 5.41 Å². The molecule has 7 heteroatoms. The Morgan fingerprint density at radius 3 is 2.38 bits per heavy atom. The number of likely N-dealkylation sites (tertiary alicyclic amines) is 1. The maximum absolute atomic E-state index is 12.3. The minimum atomic E-state index is -1.33. The Hall–Kier alpha value is -2.61. The number of nitrogens with zero attached hydrogens (tertiary/aromatic N) is 4. The average molecular weight is 438 g/mol. The molecular weight excluding hydrogens is 404 g/mol. The van der Waals surface area contributed by atoms with Gasteiger partial charge in [-0.1, -0.05) is 50.2 Å². The number of benzene rings is 1. The van der Waals surface area contributed by atoms with E-state index in [2.05, 4.69) is 41.1 Å². The first-order valence-corrected chi connectivity index (χ1v) is 10.8. The molecule has 0 bridgehead atoms. The zero-order chi connectivity index (χ0) is 24.0. The SMILES string of the molecule is [2H]CN1CC(C)([C@](O)(c2ccc(C(C)C)cc2)c2cncc(-c3noc(C(C)(C)O)n3)c2)C1. The van der Waals surface area contributed by atoms with Gasteiger partial charge in [0.1, 0.15) is 11.2 Å². The predicted octanol–water partition coefficient (Wildman–Crippen LogP) is 3.67. The van der Waals surface area contributed by atoms with Crippen LogP contribution in [-0.4, -0.2) is 50.4 Å². The molecule has 32 heavy (non-hydrogen) atoms. The first-order chi connectivity index (χ1) is 15.5.